The van der Waals surface area contributed by atoms with Gasteiger partial charge in [-0.2, -0.15) is 0 Å². The van der Waals surface area contributed by atoms with E-state index >= 15 is 0 Å². The fraction of sp³-hybridized carbons (Fsp3) is 0.480. The fourth-order valence-electron chi connectivity index (χ4n) is 4.45. The van der Waals surface area contributed by atoms with Crippen molar-refractivity contribution in [1.29, 1.82) is 0 Å². The number of benzene rings is 1. The average Bonchev–Trinajstić information content (AvgIpc) is 3.51. The minimum absolute atomic E-state index is 0.0628. The van der Waals surface area contributed by atoms with E-state index in [1.54, 1.807) is 40.2 Å². The molecule has 0 radical (unpaired) electrons. The number of fused-ring (bicyclic) bond motifs is 1. The highest BCUT2D eigenvalue weighted by atomic mass is 32.2. The van der Waals surface area contributed by atoms with Crippen molar-refractivity contribution in [2.45, 2.75) is 45.3 Å². The molecule has 1 amide bonds. The maximum atomic E-state index is 13.1. The number of esters is 1. The van der Waals surface area contributed by atoms with Gasteiger partial charge in [-0.1, -0.05) is 11.8 Å². The van der Waals surface area contributed by atoms with Crippen LogP contribution in [0.4, 0.5) is 0 Å². The fourth-order valence-corrected chi connectivity index (χ4v) is 5.41. The molecule has 1 fully saturated rings. The molecule has 0 bridgehead atoms. The number of aliphatic imine (C=N–C) groups is 1. The van der Waals surface area contributed by atoms with Gasteiger partial charge in [0.15, 0.2) is 5.17 Å². The summed E-state index contributed by atoms with van der Waals surface area (Å²) in [4.78, 5) is 32.6. The molecule has 3 heterocycles. The molecule has 0 unspecified atom stereocenters. The van der Waals surface area contributed by atoms with Crippen LogP contribution < -0.4 is 14.8 Å². The Labute approximate surface area is 209 Å². The first-order valence-corrected chi connectivity index (χ1v) is 12.6. The SMILES string of the molecule is CCOC(=O)C1=C(C)N=C2SC=C(CC(=O)NC[C@@H]3CCCO3)N2[C@@H]1c1cc(OC)ccc1OC. The van der Waals surface area contributed by atoms with Crippen molar-refractivity contribution >= 4 is 28.8 Å². The van der Waals surface area contributed by atoms with Gasteiger partial charge in [0, 0.05) is 24.4 Å². The number of carbonyl (C=O) groups is 2. The van der Waals surface area contributed by atoms with Crippen LogP contribution in [0.15, 0.2) is 45.6 Å². The highest BCUT2D eigenvalue weighted by molar-refractivity contribution is 8.16. The molecule has 1 aromatic rings. The first kappa shape index (κ1) is 25.1. The molecule has 4 rings (SSSR count). The second-order valence-electron chi connectivity index (χ2n) is 8.34. The van der Waals surface area contributed by atoms with E-state index in [1.807, 2.05) is 16.4 Å². The Morgan fingerprint density at radius 1 is 1.29 bits per heavy atom. The maximum absolute atomic E-state index is 13.1. The first-order valence-electron chi connectivity index (χ1n) is 11.7. The van der Waals surface area contributed by atoms with E-state index in [0.29, 0.717) is 34.5 Å². The van der Waals surface area contributed by atoms with E-state index < -0.39 is 12.0 Å². The third-order valence-electron chi connectivity index (χ3n) is 6.12. The zero-order chi connectivity index (χ0) is 24.9. The van der Waals surface area contributed by atoms with Crippen LogP contribution in [0.5, 0.6) is 11.5 Å². The Bertz CT molecular complexity index is 1080. The minimum Gasteiger partial charge on any atom is -0.497 e. The summed E-state index contributed by atoms with van der Waals surface area (Å²) in [5, 5.41) is 5.57. The molecule has 1 N–H and O–H groups in total. The molecule has 0 saturated carbocycles. The van der Waals surface area contributed by atoms with Crippen molar-refractivity contribution in [2.24, 2.45) is 4.99 Å². The van der Waals surface area contributed by atoms with Crippen LogP contribution in [-0.2, 0) is 19.1 Å². The number of rotatable bonds is 9. The number of thioether (sulfide) groups is 1. The number of ether oxygens (including phenoxy) is 4. The van der Waals surface area contributed by atoms with E-state index in [4.69, 9.17) is 18.9 Å². The maximum Gasteiger partial charge on any atom is 0.338 e. The molecule has 0 aromatic heterocycles. The molecule has 35 heavy (non-hydrogen) atoms. The van der Waals surface area contributed by atoms with Crippen LogP contribution >= 0.6 is 11.8 Å². The zero-order valence-corrected chi connectivity index (χ0v) is 21.3. The average molecular weight is 502 g/mol. The number of allylic oxidation sites excluding steroid dienone is 1. The molecule has 0 aliphatic carbocycles. The van der Waals surface area contributed by atoms with Gasteiger partial charge in [0.05, 0.1) is 50.7 Å². The van der Waals surface area contributed by atoms with Crippen molar-refractivity contribution in [3.63, 3.8) is 0 Å². The predicted molar refractivity (Wildman–Crippen MR) is 133 cm³/mol. The van der Waals surface area contributed by atoms with Crippen molar-refractivity contribution in [3.05, 3.63) is 46.1 Å². The smallest absolute Gasteiger partial charge is 0.338 e. The number of amidine groups is 1. The number of hydrogen-bond donors (Lipinski definition) is 1. The lowest BCUT2D eigenvalue weighted by atomic mass is 9.92. The van der Waals surface area contributed by atoms with Gasteiger partial charge in [-0.25, -0.2) is 9.79 Å². The van der Waals surface area contributed by atoms with Crippen molar-refractivity contribution < 1.29 is 28.5 Å². The molecule has 9 nitrogen and oxygen atoms in total. The summed E-state index contributed by atoms with van der Waals surface area (Å²) in [7, 11) is 3.17. The minimum atomic E-state index is -0.598. The van der Waals surface area contributed by atoms with Crippen LogP contribution in [0.2, 0.25) is 0 Å². The second kappa shape index (κ2) is 11.2. The number of nitrogens with one attached hydrogen (secondary N) is 1. The molecule has 3 aliphatic rings. The summed E-state index contributed by atoms with van der Waals surface area (Å²) in [6.07, 6.45) is 2.17. The topological polar surface area (TPSA) is 98.7 Å². The largest absolute Gasteiger partial charge is 0.497 e. The summed E-state index contributed by atoms with van der Waals surface area (Å²) < 4.78 is 22.2. The zero-order valence-electron chi connectivity index (χ0n) is 20.5. The second-order valence-corrected chi connectivity index (χ2v) is 9.17. The third-order valence-corrected chi connectivity index (χ3v) is 7.01. The number of methoxy groups -OCH3 is 2. The first-order chi connectivity index (χ1) is 17.0. The molecular weight excluding hydrogens is 470 g/mol. The van der Waals surface area contributed by atoms with Gasteiger partial charge >= 0.3 is 5.97 Å². The Balaban J connectivity index is 1.68. The van der Waals surface area contributed by atoms with Gasteiger partial charge in [0.25, 0.3) is 0 Å². The molecule has 1 aromatic carbocycles. The van der Waals surface area contributed by atoms with Crippen molar-refractivity contribution in [1.82, 2.24) is 10.2 Å². The van der Waals surface area contributed by atoms with E-state index in [2.05, 4.69) is 10.3 Å². The van der Waals surface area contributed by atoms with Crippen LogP contribution in [0.3, 0.4) is 0 Å². The van der Waals surface area contributed by atoms with Crippen molar-refractivity contribution in [3.8, 4) is 11.5 Å². The normalized spacial score (nSPS) is 21.3. The highest BCUT2D eigenvalue weighted by Crippen LogP contribution is 2.47. The standard InChI is InChI=1S/C25H31N3O6S/c1-5-33-24(30)22-15(2)27-25-28(23(22)19-12-17(31-3)8-9-20(19)32-4)16(14-35-25)11-21(29)26-13-18-7-6-10-34-18/h8-9,12,14,18,23H,5-7,10-11,13H2,1-4H3,(H,26,29)/t18-,23+/m0/s1. The van der Waals surface area contributed by atoms with E-state index in [9.17, 15) is 9.59 Å². The number of carbonyl (C=O) groups excluding carboxylic acids is 2. The highest BCUT2D eigenvalue weighted by Gasteiger charge is 2.42. The predicted octanol–water partition coefficient (Wildman–Crippen LogP) is 3.53. The number of hydrogen-bond acceptors (Lipinski definition) is 9. The van der Waals surface area contributed by atoms with Crippen molar-refractivity contribution in [2.75, 3.05) is 34.0 Å². The lowest BCUT2D eigenvalue weighted by molar-refractivity contribution is -0.139. The number of amides is 1. The van der Waals surface area contributed by atoms with Gasteiger partial charge in [-0.15, -0.1) is 0 Å². The van der Waals surface area contributed by atoms with Crippen LogP contribution in [0, 0.1) is 0 Å². The van der Waals surface area contributed by atoms with Gasteiger partial charge in [0.1, 0.15) is 11.5 Å². The molecule has 188 valence electrons. The monoisotopic (exact) mass is 501 g/mol. The van der Waals surface area contributed by atoms with Gasteiger partial charge in [-0.3, -0.25) is 4.79 Å². The Morgan fingerprint density at radius 2 is 2.11 bits per heavy atom. The van der Waals surface area contributed by atoms with Gasteiger partial charge < -0.3 is 29.2 Å². The summed E-state index contributed by atoms with van der Waals surface area (Å²) in [5.74, 6) is 0.638. The Kier molecular flexibility index (Phi) is 8.02. The molecule has 1 saturated heterocycles. The van der Waals surface area contributed by atoms with E-state index in [-0.39, 0.29) is 25.0 Å². The van der Waals surface area contributed by atoms with E-state index in [0.717, 1.165) is 30.7 Å². The summed E-state index contributed by atoms with van der Waals surface area (Å²) >= 11 is 1.42. The van der Waals surface area contributed by atoms with Crippen LogP contribution in [-0.4, -0.2) is 62.0 Å². The lowest BCUT2D eigenvalue weighted by Gasteiger charge is -2.36. The van der Waals surface area contributed by atoms with Gasteiger partial charge in [-0.05, 0) is 50.3 Å². The summed E-state index contributed by atoms with van der Waals surface area (Å²) in [6, 6.07) is 4.85. The number of nitrogens with zero attached hydrogens (tertiary/aromatic N) is 2. The quantitative estimate of drug-likeness (QED) is 0.513. The summed E-state index contributed by atoms with van der Waals surface area (Å²) in [6.45, 7) is 5.02. The third kappa shape index (κ3) is 5.33. The Hall–Kier alpha value is -2.98. The molecule has 2 atom stereocenters. The molecule has 0 spiro atoms. The van der Waals surface area contributed by atoms with Crippen LogP contribution in [0.1, 0.15) is 44.7 Å². The lowest BCUT2D eigenvalue weighted by Crippen LogP contribution is -2.39. The summed E-state index contributed by atoms with van der Waals surface area (Å²) in [5.41, 5.74) is 2.42. The molecule has 10 heteroatoms. The van der Waals surface area contributed by atoms with Crippen LogP contribution in [0.25, 0.3) is 0 Å². The van der Waals surface area contributed by atoms with Gasteiger partial charge in [0.2, 0.25) is 5.91 Å². The van der Waals surface area contributed by atoms with E-state index in [1.165, 1.54) is 11.8 Å². The Morgan fingerprint density at radius 3 is 2.80 bits per heavy atom. The molecule has 3 aliphatic heterocycles. The molecular formula is C25H31N3O6S.